The van der Waals surface area contributed by atoms with Gasteiger partial charge in [-0.3, -0.25) is 4.79 Å². The molecule has 0 atom stereocenters. The number of aromatic nitrogens is 2. The standard InChI is InChI=1S/C14H17ClN4O/c1-9(2)16-12(20)8-19(3)14-11-7-5-4-6-10(11)13(15)17-18-14/h4-7,9H,8H2,1-3H3,(H,16,20). The normalized spacial score (nSPS) is 10.8. The largest absolute Gasteiger partial charge is 0.352 e. The van der Waals surface area contributed by atoms with E-state index in [4.69, 9.17) is 11.6 Å². The lowest BCUT2D eigenvalue weighted by molar-refractivity contribution is -0.120. The predicted molar refractivity (Wildman–Crippen MR) is 81.1 cm³/mol. The molecule has 0 saturated heterocycles. The van der Waals surface area contributed by atoms with Crippen molar-refractivity contribution >= 4 is 34.1 Å². The molecule has 2 aromatic rings. The quantitative estimate of drug-likeness (QED) is 0.939. The Morgan fingerprint density at radius 3 is 2.60 bits per heavy atom. The molecule has 0 unspecified atom stereocenters. The number of nitrogens with zero attached hydrogens (tertiary/aromatic N) is 3. The van der Waals surface area contributed by atoms with Gasteiger partial charge in [0.15, 0.2) is 11.0 Å². The maximum absolute atomic E-state index is 11.8. The van der Waals surface area contributed by atoms with Crippen LogP contribution in [0.5, 0.6) is 0 Å². The number of rotatable bonds is 4. The van der Waals surface area contributed by atoms with Gasteiger partial charge in [-0.05, 0) is 13.8 Å². The van der Waals surface area contributed by atoms with E-state index < -0.39 is 0 Å². The summed E-state index contributed by atoms with van der Waals surface area (Å²) in [6.07, 6.45) is 0. The van der Waals surface area contributed by atoms with E-state index in [2.05, 4.69) is 15.5 Å². The molecule has 106 valence electrons. The summed E-state index contributed by atoms with van der Waals surface area (Å²) in [5.74, 6) is 0.590. The van der Waals surface area contributed by atoms with Crippen LogP contribution in [0.3, 0.4) is 0 Å². The Kier molecular flexibility index (Phi) is 4.39. The summed E-state index contributed by atoms with van der Waals surface area (Å²) in [5, 5.41) is 13.0. The third-order valence-electron chi connectivity index (χ3n) is 2.81. The van der Waals surface area contributed by atoms with E-state index in [1.54, 1.807) is 4.90 Å². The summed E-state index contributed by atoms with van der Waals surface area (Å²) in [7, 11) is 1.81. The number of fused-ring (bicyclic) bond motifs is 1. The van der Waals surface area contributed by atoms with E-state index >= 15 is 0 Å². The first-order chi connectivity index (χ1) is 9.49. The van der Waals surface area contributed by atoms with Crippen LogP contribution in [0, 0.1) is 0 Å². The Balaban J connectivity index is 2.29. The number of amides is 1. The number of benzene rings is 1. The van der Waals surface area contributed by atoms with Crippen molar-refractivity contribution < 1.29 is 4.79 Å². The maximum atomic E-state index is 11.8. The Morgan fingerprint density at radius 1 is 1.30 bits per heavy atom. The second-order valence-corrected chi connectivity index (χ2v) is 5.30. The summed E-state index contributed by atoms with van der Waals surface area (Å²) in [5.41, 5.74) is 0. The number of carbonyl (C=O) groups excluding carboxylic acids is 1. The van der Waals surface area contributed by atoms with E-state index in [0.29, 0.717) is 11.0 Å². The highest BCUT2D eigenvalue weighted by atomic mass is 35.5. The van der Waals surface area contributed by atoms with E-state index in [9.17, 15) is 4.79 Å². The fourth-order valence-electron chi connectivity index (χ4n) is 2.00. The van der Waals surface area contributed by atoms with Crippen molar-refractivity contribution in [2.24, 2.45) is 0 Å². The van der Waals surface area contributed by atoms with Crippen LogP contribution in [0.15, 0.2) is 24.3 Å². The minimum absolute atomic E-state index is 0.0525. The molecule has 1 aromatic heterocycles. The fraction of sp³-hybridized carbons (Fsp3) is 0.357. The Hall–Kier alpha value is -1.88. The summed E-state index contributed by atoms with van der Waals surface area (Å²) >= 11 is 6.04. The number of hydrogen-bond acceptors (Lipinski definition) is 4. The molecule has 0 aliphatic heterocycles. The molecule has 1 heterocycles. The number of nitrogens with one attached hydrogen (secondary N) is 1. The first-order valence-electron chi connectivity index (χ1n) is 6.40. The van der Waals surface area contributed by atoms with Gasteiger partial charge >= 0.3 is 0 Å². The average Bonchev–Trinajstić information content (AvgIpc) is 2.38. The molecule has 5 nitrogen and oxygen atoms in total. The number of likely N-dealkylation sites (N-methyl/N-ethyl adjacent to an activating group) is 1. The molecule has 0 fully saturated rings. The molecule has 0 saturated carbocycles. The van der Waals surface area contributed by atoms with E-state index in [0.717, 1.165) is 10.8 Å². The van der Waals surface area contributed by atoms with Gasteiger partial charge in [-0.15, -0.1) is 10.2 Å². The molecule has 0 aliphatic rings. The van der Waals surface area contributed by atoms with Crippen molar-refractivity contribution in [3.8, 4) is 0 Å². The zero-order valence-corrected chi connectivity index (χ0v) is 12.5. The van der Waals surface area contributed by atoms with Gasteiger partial charge in [0.2, 0.25) is 5.91 Å². The van der Waals surface area contributed by atoms with Crippen molar-refractivity contribution in [1.29, 1.82) is 0 Å². The molecular formula is C14H17ClN4O. The molecule has 6 heteroatoms. The fourth-order valence-corrected chi connectivity index (χ4v) is 2.20. The number of halogens is 1. The summed E-state index contributed by atoms with van der Waals surface area (Å²) in [4.78, 5) is 13.6. The molecular weight excluding hydrogens is 276 g/mol. The lowest BCUT2D eigenvalue weighted by atomic mass is 10.2. The van der Waals surface area contributed by atoms with Crippen molar-refractivity contribution in [3.63, 3.8) is 0 Å². The summed E-state index contributed by atoms with van der Waals surface area (Å²) < 4.78 is 0. The number of anilines is 1. The maximum Gasteiger partial charge on any atom is 0.239 e. The topological polar surface area (TPSA) is 58.1 Å². The molecule has 0 aliphatic carbocycles. The smallest absolute Gasteiger partial charge is 0.239 e. The Labute approximate surface area is 122 Å². The third kappa shape index (κ3) is 3.17. The van der Waals surface area contributed by atoms with Gasteiger partial charge in [-0.2, -0.15) is 0 Å². The summed E-state index contributed by atoms with van der Waals surface area (Å²) in [6.45, 7) is 4.07. The Bertz CT molecular complexity index is 630. The van der Waals surface area contributed by atoms with Crippen LogP contribution in [0.4, 0.5) is 5.82 Å². The predicted octanol–water partition coefficient (Wildman–Crippen LogP) is 2.24. The van der Waals surface area contributed by atoms with Crippen molar-refractivity contribution in [2.45, 2.75) is 19.9 Å². The van der Waals surface area contributed by atoms with Crippen LogP contribution in [0.2, 0.25) is 5.15 Å². The van der Waals surface area contributed by atoms with Crippen molar-refractivity contribution in [2.75, 3.05) is 18.5 Å². The molecule has 1 aromatic carbocycles. The highest BCUT2D eigenvalue weighted by Crippen LogP contribution is 2.27. The summed E-state index contributed by atoms with van der Waals surface area (Å²) in [6, 6.07) is 7.72. The third-order valence-corrected chi connectivity index (χ3v) is 3.09. The van der Waals surface area contributed by atoms with Gasteiger partial charge in [0.25, 0.3) is 0 Å². The Morgan fingerprint density at radius 2 is 1.95 bits per heavy atom. The first kappa shape index (κ1) is 14.5. The minimum Gasteiger partial charge on any atom is -0.352 e. The van der Waals surface area contributed by atoms with Gasteiger partial charge in [-0.25, -0.2) is 0 Å². The monoisotopic (exact) mass is 292 g/mol. The van der Waals surface area contributed by atoms with E-state index in [1.807, 2.05) is 45.2 Å². The number of hydrogen-bond donors (Lipinski definition) is 1. The van der Waals surface area contributed by atoms with Gasteiger partial charge in [0, 0.05) is 23.9 Å². The van der Waals surface area contributed by atoms with Gasteiger partial charge < -0.3 is 10.2 Å². The molecule has 20 heavy (non-hydrogen) atoms. The molecule has 0 bridgehead atoms. The molecule has 0 radical (unpaired) electrons. The highest BCUT2D eigenvalue weighted by molar-refractivity contribution is 6.34. The SMILES string of the molecule is CC(C)NC(=O)CN(C)c1nnc(Cl)c2ccccc12. The van der Waals surface area contributed by atoms with E-state index in [-0.39, 0.29) is 18.5 Å². The van der Waals surface area contributed by atoms with Gasteiger partial charge in [0.1, 0.15) is 0 Å². The number of carbonyl (C=O) groups is 1. The van der Waals surface area contributed by atoms with Crippen LogP contribution < -0.4 is 10.2 Å². The minimum atomic E-state index is -0.0525. The van der Waals surface area contributed by atoms with Crippen LogP contribution in [-0.2, 0) is 4.79 Å². The van der Waals surface area contributed by atoms with Gasteiger partial charge in [0.05, 0.1) is 6.54 Å². The van der Waals surface area contributed by atoms with E-state index in [1.165, 1.54) is 0 Å². The average molecular weight is 293 g/mol. The zero-order chi connectivity index (χ0) is 14.7. The molecule has 1 amide bonds. The first-order valence-corrected chi connectivity index (χ1v) is 6.78. The van der Waals surface area contributed by atoms with Crippen LogP contribution in [0.25, 0.3) is 10.8 Å². The molecule has 2 rings (SSSR count). The molecule has 0 spiro atoms. The van der Waals surface area contributed by atoms with Crippen LogP contribution >= 0.6 is 11.6 Å². The second kappa shape index (κ2) is 6.05. The van der Waals surface area contributed by atoms with Crippen molar-refractivity contribution in [1.82, 2.24) is 15.5 Å². The van der Waals surface area contributed by atoms with Gasteiger partial charge in [-0.1, -0.05) is 35.9 Å². The van der Waals surface area contributed by atoms with Crippen LogP contribution in [-0.4, -0.2) is 35.7 Å². The second-order valence-electron chi connectivity index (χ2n) is 4.94. The van der Waals surface area contributed by atoms with Crippen molar-refractivity contribution in [3.05, 3.63) is 29.4 Å². The lowest BCUT2D eigenvalue weighted by Crippen LogP contribution is -2.39. The zero-order valence-electron chi connectivity index (χ0n) is 11.7. The van der Waals surface area contributed by atoms with Crippen LogP contribution in [0.1, 0.15) is 13.8 Å². The lowest BCUT2D eigenvalue weighted by Gasteiger charge is -2.19. The molecule has 1 N–H and O–H groups in total. The highest BCUT2D eigenvalue weighted by Gasteiger charge is 2.14.